The Morgan fingerprint density at radius 2 is 2.00 bits per heavy atom. The first-order valence-corrected chi connectivity index (χ1v) is 8.00. The molecule has 1 saturated heterocycles. The Balaban J connectivity index is 2.09. The molecule has 0 radical (unpaired) electrons. The summed E-state index contributed by atoms with van der Waals surface area (Å²) in [5.74, 6) is 0.441. The van der Waals surface area contributed by atoms with Crippen molar-refractivity contribution in [2.24, 2.45) is 0 Å². The minimum atomic E-state index is -0.820. The number of hydrogen-bond donors (Lipinski definition) is 2. The van der Waals surface area contributed by atoms with Gasteiger partial charge in [-0.2, -0.15) is 0 Å². The number of aliphatic hydroxyl groups excluding tert-OH is 1. The molecule has 1 aromatic carbocycles. The monoisotopic (exact) mass is 321 g/mol. The van der Waals surface area contributed by atoms with Gasteiger partial charge in [-0.3, -0.25) is 15.0 Å². The van der Waals surface area contributed by atoms with Crippen LogP contribution in [0, 0.1) is 10.1 Å². The number of ether oxygens (including phenoxy) is 1. The van der Waals surface area contributed by atoms with Gasteiger partial charge in [0, 0.05) is 5.56 Å². The van der Waals surface area contributed by atoms with E-state index < -0.39 is 16.6 Å². The highest BCUT2D eigenvalue weighted by molar-refractivity contribution is 5.65. The largest absolute Gasteiger partial charge is 0.484 e. The molecule has 7 nitrogen and oxygen atoms in total. The summed E-state index contributed by atoms with van der Waals surface area (Å²) in [6.45, 7) is 5.40. The third kappa shape index (κ3) is 2.74. The van der Waals surface area contributed by atoms with Crippen LogP contribution in [0.25, 0.3) is 0 Å². The molecule has 23 heavy (non-hydrogen) atoms. The number of nitrogens with zero attached hydrogens (tertiary/aromatic N) is 2. The predicted molar refractivity (Wildman–Crippen MR) is 86.4 cm³/mol. The van der Waals surface area contributed by atoms with E-state index >= 15 is 0 Å². The Bertz CT molecular complexity index is 626. The van der Waals surface area contributed by atoms with E-state index in [-0.39, 0.29) is 17.4 Å². The molecule has 3 rings (SSSR count). The van der Waals surface area contributed by atoms with Gasteiger partial charge in [0.15, 0.2) is 0 Å². The summed E-state index contributed by atoms with van der Waals surface area (Å²) < 4.78 is 5.86. The number of anilines is 1. The van der Waals surface area contributed by atoms with Crippen molar-refractivity contribution in [2.75, 3.05) is 18.8 Å². The maximum absolute atomic E-state index is 11.1. The second kappa shape index (κ2) is 5.65. The average Bonchev–Trinajstić information content (AvgIpc) is 2.49. The van der Waals surface area contributed by atoms with Gasteiger partial charge >= 0.3 is 0 Å². The number of benzene rings is 1. The van der Waals surface area contributed by atoms with Crippen molar-refractivity contribution in [3.05, 3.63) is 27.8 Å². The van der Waals surface area contributed by atoms with Crippen molar-refractivity contribution in [3.63, 3.8) is 0 Å². The minimum Gasteiger partial charge on any atom is -0.484 e. The van der Waals surface area contributed by atoms with Crippen molar-refractivity contribution in [1.82, 2.24) is 4.90 Å². The van der Waals surface area contributed by atoms with Gasteiger partial charge in [-0.1, -0.05) is 6.42 Å². The van der Waals surface area contributed by atoms with E-state index in [9.17, 15) is 15.2 Å². The fourth-order valence-electron chi connectivity index (χ4n) is 3.57. The van der Waals surface area contributed by atoms with Crippen LogP contribution in [-0.4, -0.2) is 39.7 Å². The van der Waals surface area contributed by atoms with Crippen molar-refractivity contribution >= 4 is 11.4 Å². The van der Waals surface area contributed by atoms with E-state index in [1.54, 1.807) is 19.9 Å². The lowest BCUT2D eigenvalue weighted by Crippen LogP contribution is -2.54. The molecule has 0 spiro atoms. The van der Waals surface area contributed by atoms with E-state index in [4.69, 9.17) is 10.5 Å². The third-order valence-electron chi connectivity index (χ3n) is 4.84. The van der Waals surface area contributed by atoms with Crippen LogP contribution >= 0.6 is 0 Å². The lowest BCUT2D eigenvalue weighted by molar-refractivity contribution is -0.384. The fraction of sp³-hybridized carbons (Fsp3) is 0.625. The van der Waals surface area contributed by atoms with Crippen LogP contribution in [0.5, 0.6) is 5.75 Å². The quantitative estimate of drug-likeness (QED) is 0.492. The summed E-state index contributed by atoms with van der Waals surface area (Å²) in [4.78, 5) is 12.9. The molecule has 7 heteroatoms. The number of nitro groups is 1. The summed E-state index contributed by atoms with van der Waals surface area (Å²) in [7, 11) is 0. The van der Waals surface area contributed by atoms with Crippen LogP contribution in [-0.2, 0) is 0 Å². The molecule has 2 aliphatic rings. The van der Waals surface area contributed by atoms with Gasteiger partial charge in [0.05, 0.1) is 17.0 Å². The standard InChI is InChI=1S/C16H23N3O4/c1-16(2)15(20)14(18-6-4-3-5-7-18)10-8-11(17)12(19(21)22)9-13(10)23-16/h8-9,14-15,20H,3-7,17H2,1-2H3. The highest BCUT2D eigenvalue weighted by atomic mass is 16.6. The molecular formula is C16H23N3O4. The van der Waals surface area contributed by atoms with Gasteiger partial charge < -0.3 is 15.6 Å². The van der Waals surface area contributed by atoms with Crippen molar-refractivity contribution in [3.8, 4) is 5.75 Å². The number of nitro benzene ring substituents is 1. The Hall–Kier alpha value is -1.86. The molecule has 3 N–H and O–H groups in total. The highest BCUT2D eigenvalue weighted by Gasteiger charge is 2.46. The minimum absolute atomic E-state index is 0.103. The van der Waals surface area contributed by atoms with Crippen LogP contribution < -0.4 is 10.5 Å². The van der Waals surface area contributed by atoms with Crippen LogP contribution in [0.1, 0.15) is 44.7 Å². The summed E-state index contributed by atoms with van der Waals surface area (Å²) in [5, 5.41) is 22.0. The van der Waals surface area contributed by atoms with Gasteiger partial charge in [-0.15, -0.1) is 0 Å². The number of fused-ring (bicyclic) bond motifs is 1. The summed E-state index contributed by atoms with van der Waals surface area (Å²) in [6.07, 6.45) is 2.63. The fourth-order valence-corrected chi connectivity index (χ4v) is 3.57. The molecule has 0 bridgehead atoms. The SMILES string of the molecule is CC1(C)Oc2cc([N+](=O)[O-])c(N)cc2C(N2CCCCC2)C1O. The first-order chi connectivity index (χ1) is 10.8. The molecule has 2 aliphatic heterocycles. The van der Waals surface area contributed by atoms with E-state index in [1.807, 2.05) is 0 Å². The summed E-state index contributed by atoms with van der Waals surface area (Å²) in [6, 6.07) is 2.72. The molecule has 2 atom stereocenters. The molecule has 0 aliphatic carbocycles. The van der Waals surface area contributed by atoms with Gasteiger partial charge in [0.2, 0.25) is 0 Å². The Labute approximate surface area is 135 Å². The Morgan fingerprint density at radius 1 is 1.35 bits per heavy atom. The van der Waals surface area contributed by atoms with Gasteiger partial charge in [-0.25, -0.2) is 0 Å². The maximum atomic E-state index is 11.1. The number of aliphatic hydroxyl groups is 1. The van der Waals surface area contributed by atoms with E-state index in [1.165, 1.54) is 12.5 Å². The third-order valence-corrected chi connectivity index (χ3v) is 4.84. The van der Waals surface area contributed by atoms with Crippen LogP contribution in [0.3, 0.4) is 0 Å². The molecule has 0 amide bonds. The second-order valence-corrected chi connectivity index (χ2v) is 6.90. The average molecular weight is 321 g/mol. The van der Waals surface area contributed by atoms with E-state index in [0.29, 0.717) is 5.75 Å². The molecule has 2 unspecified atom stereocenters. The molecule has 0 saturated carbocycles. The van der Waals surface area contributed by atoms with Crippen molar-refractivity contribution in [1.29, 1.82) is 0 Å². The lowest BCUT2D eigenvalue weighted by Gasteiger charge is -2.47. The zero-order chi connectivity index (χ0) is 16.8. The number of nitrogens with two attached hydrogens (primary N) is 1. The van der Waals surface area contributed by atoms with Crippen LogP contribution in [0.15, 0.2) is 12.1 Å². The normalized spacial score (nSPS) is 27.1. The Kier molecular flexibility index (Phi) is 3.93. The topological polar surface area (TPSA) is 102 Å². The number of hydrogen-bond acceptors (Lipinski definition) is 6. The van der Waals surface area contributed by atoms with Gasteiger partial charge in [-0.05, 0) is 45.8 Å². The lowest BCUT2D eigenvalue weighted by atomic mass is 9.84. The van der Waals surface area contributed by atoms with Crippen LogP contribution in [0.2, 0.25) is 0 Å². The number of nitrogen functional groups attached to an aromatic ring is 1. The number of rotatable bonds is 2. The van der Waals surface area contributed by atoms with E-state index in [0.717, 1.165) is 31.5 Å². The zero-order valence-corrected chi connectivity index (χ0v) is 13.5. The molecule has 1 aromatic rings. The van der Waals surface area contributed by atoms with Crippen molar-refractivity contribution < 1.29 is 14.8 Å². The molecule has 1 fully saturated rings. The van der Waals surface area contributed by atoms with Gasteiger partial charge in [0.25, 0.3) is 5.69 Å². The molecule has 0 aromatic heterocycles. The number of likely N-dealkylation sites (tertiary alicyclic amines) is 1. The highest BCUT2D eigenvalue weighted by Crippen LogP contribution is 2.46. The summed E-state index contributed by atoms with van der Waals surface area (Å²) in [5.41, 5.74) is 5.71. The first kappa shape index (κ1) is 16.0. The smallest absolute Gasteiger partial charge is 0.295 e. The zero-order valence-electron chi connectivity index (χ0n) is 13.5. The maximum Gasteiger partial charge on any atom is 0.295 e. The molecular weight excluding hydrogens is 298 g/mol. The van der Waals surface area contributed by atoms with Gasteiger partial charge in [0.1, 0.15) is 23.1 Å². The van der Waals surface area contributed by atoms with E-state index in [2.05, 4.69) is 4.90 Å². The number of piperidine rings is 1. The van der Waals surface area contributed by atoms with Crippen molar-refractivity contribution in [2.45, 2.75) is 50.9 Å². The summed E-state index contributed by atoms with van der Waals surface area (Å²) >= 11 is 0. The second-order valence-electron chi connectivity index (χ2n) is 6.90. The molecule has 126 valence electrons. The van der Waals surface area contributed by atoms with Crippen LogP contribution in [0.4, 0.5) is 11.4 Å². The first-order valence-electron chi connectivity index (χ1n) is 8.00. The Morgan fingerprint density at radius 3 is 2.61 bits per heavy atom. The predicted octanol–water partition coefficient (Wildman–Crippen LogP) is 2.24. The molecule has 2 heterocycles.